The zero-order chi connectivity index (χ0) is 12.3. The zero-order valence-electron chi connectivity index (χ0n) is 10.3. The molecule has 0 saturated heterocycles. The highest BCUT2D eigenvalue weighted by atomic mass is 16.5. The largest absolute Gasteiger partial charge is 0.483 e. The van der Waals surface area contributed by atoms with Gasteiger partial charge >= 0.3 is 0 Å². The van der Waals surface area contributed by atoms with Crippen LogP contribution in [0.25, 0.3) is 0 Å². The van der Waals surface area contributed by atoms with Crippen LogP contribution in [-0.2, 0) is 10.2 Å². The van der Waals surface area contributed by atoms with Crippen molar-refractivity contribution < 1.29 is 9.53 Å². The molecule has 0 unspecified atom stereocenters. The van der Waals surface area contributed by atoms with Gasteiger partial charge in [0.15, 0.2) is 6.61 Å². The molecule has 1 aromatic rings. The number of hydrogen-bond acceptors (Lipinski definition) is 2. The summed E-state index contributed by atoms with van der Waals surface area (Å²) >= 11 is 0. The van der Waals surface area contributed by atoms with Gasteiger partial charge in [-0.15, -0.1) is 0 Å². The van der Waals surface area contributed by atoms with Gasteiger partial charge in [0, 0.05) is 0 Å². The van der Waals surface area contributed by atoms with Crippen LogP contribution in [0.1, 0.15) is 31.9 Å². The molecule has 0 atom stereocenters. The molecule has 0 aliphatic carbocycles. The Morgan fingerprint density at radius 3 is 2.50 bits per heavy atom. The van der Waals surface area contributed by atoms with Crippen LogP contribution in [0.5, 0.6) is 5.75 Å². The fourth-order valence-corrected chi connectivity index (χ4v) is 1.52. The second kappa shape index (κ2) is 4.56. The molecule has 3 heteroatoms. The van der Waals surface area contributed by atoms with Gasteiger partial charge in [0.1, 0.15) is 5.75 Å². The first kappa shape index (κ1) is 12.6. The summed E-state index contributed by atoms with van der Waals surface area (Å²) in [5.41, 5.74) is 7.25. The SMILES string of the molecule is Cc1ccc(C(C)(C)C)c(OCC(N)=O)c1. The number of rotatable bonds is 3. The molecule has 0 saturated carbocycles. The fourth-order valence-electron chi connectivity index (χ4n) is 1.52. The van der Waals surface area contributed by atoms with Crippen molar-refractivity contribution in [2.24, 2.45) is 5.73 Å². The van der Waals surface area contributed by atoms with Gasteiger partial charge < -0.3 is 10.5 Å². The van der Waals surface area contributed by atoms with E-state index in [1.54, 1.807) is 0 Å². The number of hydrogen-bond donors (Lipinski definition) is 1. The lowest BCUT2D eigenvalue weighted by Crippen LogP contribution is -2.22. The van der Waals surface area contributed by atoms with Crippen molar-refractivity contribution in [3.63, 3.8) is 0 Å². The molecule has 0 aromatic heterocycles. The molecule has 1 rings (SSSR count). The van der Waals surface area contributed by atoms with E-state index in [9.17, 15) is 4.79 Å². The number of primary amides is 1. The molecule has 3 nitrogen and oxygen atoms in total. The van der Waals surface area contributed by atoms with E-state index in [0.29, 0.717) is 0 Å². The first-order chi connectivity index (χ1) is 7.30. The first-order valence-corrected chi connectivity index (χ1v) is 5.33. The lowest BCUT2D eigenvalue weighted by Gasteiger charge is -2.22. The molecule has 0 spiro atoms. The maximum atomic E-state index is 10.7. The molecule has 0 fully saturated rings. The average Bonchev–Trinajstić information content (AvgIpc) is 2.12. The quantitative estimate of drug-likeness (QED) is 0.850. The molecule has 2 N–H and O–H groups in total. The Morgan fingerprint density at radius 1 is 1.38 bits per heavy atom. The molecule has 0 aliphatic heterocycles. The highest BCUT2D eigenvalue weighted by Crippen LogP contribution is 2.31. The number of ether oxygens (including phenoxy) is 1. The van der Waals surface area contributed by atoms with Crippen molar-refractivity contribution in [2.75, 3.05) is 6.61 Å². The highest BCUT2D eigenvalue weighted by Gasteiger charge is 2.19. The van der Waals surface area contributed by atoms with Crippen LogP contribution in [0.3, 0.4) is 0 Å². The summed E-state index contributed by atoms with van der Waals surface area (Å²) in [5.74, 6) is 0.285. The van der Waals surface area contributed by atoms with Gasteiger partial charge in [0.25, 0.3) is 5.91 Å². The van der Waals surface area contributed by atoms with Crippen LogP contribution in [0.4, 0.5) is 0 Å². The van der Waals surface area contributed by atoms with Crippen molar-refractivity contribution in [1.82, 2.24) is 0 Å². The van der Waals surface area contributed by atoms with Gasteiger partial charge in [0.05, 0.1) is 0 Å². The summed E-state index contributed by atoms with van der Waals surface area (Å²) in [4.78, 5) is 10.7. The van der Waals surface area contributed by atoms with E-state index in [1.165, 1.54) is 0 Å². The molecule has 0 radical (unpaired) electrons. The molecule has 0 aliphatic rings. The van der Waals surface area contributed by atoms with Gasteiger partial charge in [-0.05, 0) is 29.5 Å². The highest BCUT2D eigenvalue weighted by molar-refractivity contribution is 5.75. The number of amides is 1. The molecule has 88 valence electrons. The summed E-state index contributed by atoms with van der Waals surface area (Å²) in [5, 5.41) is 0. The number of benzene rings is 1. The van der Waals surface area contributed by atoms with E-state index in [1.807, 2.05) is 25.1 Å². The predicted molar refractivity (Wildman–Crippen MR) is 64.6 cm³/mol. The van der Waals surface area contributed by atoms with Crippen LogP contribution in [-0.4, -0.2) is 12.5 Å². The Hall–Kier alpha value is -1.51. The third-order valence-electron chi connectivity index (χ3n) is 2.32. The minimum Gasteiger partial charge on any atom is -0.483 e. The molecule has 0 bridgehead atoms. The van der Waals surface area contributed by atoms with Crippen molar-refractivity contribution in [1.29, 1.82) is 0 Å². The summed E-state index contributed by atoms with van der Waals surface area (Å²) in [6.07, 6.45) is 0. The van der Waals surface area contributed by atoms with Crippen LogP contribution < -0.4 is 10.5 Å². The molecule has 16 heavy (non-hydrogen) atoms. The number of carbonyl (C=O) groups is 1. The summed E-state index contributed by atoms with van der Waals surface area (Å²) in [6.45, 7) is 8.23. The summed E-state index contributed by atoms with van der Waals surface area (Å²) in [6, 6.07) is 6.01. The van der Waals surface area contributed by atoms with Crippen molar-refractivity contribution in [3.05, 3.63) is 29.3 Å². The Bertz CT molecular complexity index is 391. The molecule has 1 amide bonds. The lowest BCUT2D eigenvalue weighted by atomic mass is 9.86. The van der Waals surface area contributed by atoms with Gasteiger partial charge in [-0.1, -0.05) is 32.9 Å². The van der Waals surface area contributed by atoms with E-state index >= 15 is 0 Å². The van der Waals surface area contributed by atoms with E-state index in [0.717, 1.165) is 16.9 Å². The standard InChI is InChI=1S/C13H19NO2/c1-9-5-6-10(13(2,3)4)11(7-9)16-8-12(14)15/h5-7H,8H2,1-4H3,(H2,14,15). The van der Waals surface area contributed by atoms with E-state index in [2.05, 4.69) is 20.8 Å². The first-order valence-electron chi connectivity index (χ1n) is 5.33. The lowest BCUT2D eigenvalue weighted by molar-refractivity contribution is -0.119. The van der Waals surface area contributed by atoms with Gasteiger partial charge in [0.2, 0.25) is 0 Å². The van der Waals surface area contributed by atoms with Crippen LogP contribution in [0.15, 0.2) is 18.2 Å². The van der Waals surface area contributed by atoms with Crippen molar-refractivity contribution in [2.45, 2.75) is 33.1 Å². The molecular formula is C13H19NO2. The average molecular weight is 221 g/mol. The summed E-state index contributed by atoms with van der Waals surface area (Å²) < 4.78 is 5.43. The van der Waals surface area contributed by atoms with Crippen molar-refractivity contribution in [3.8, 4) is 5.75 Å². The Morgan fingerprint density at radius 2 is 2.00 bits per heavy atom. The topological polar surface area (TPSA) is 52.3 Å². The number of aryl methyl sites for hydroxylation is 1. The Balaban J connectivity index is 3.04. The second-order valence-electron chi connectivity index (χ2n) is 5.00. The Labute approximate surface area is 96.6 Å². The minimum atomic E-state index is -0.457. The van der Waals surface area contributed by atoms with E-state index < -0.39 is 5.91 Å². The van der Waals surface area contributed by atoms with Crippen LogP contribution in [0, 0.1) is 6.92 Å². The molecule has 0 heterocycles. The predicted octanol–water partition coefficient (Wildman–Crippen LogP) is 2.16. The third kappa shape index (κ3) is 3.26. The normalized spacial score (nSPS) is 11.2. The second-order valence-corrected chi connectivity index (χ2v) is 5.00. The van der Waals surface area contributed by atoms with Gasteiger partial charge in [-0.2, -0.15) is 0 Å². The maximum Gasteiger partial charge on any atom is 0.255 e. The van der Waals surface area contributed by atoms with Crippen molar-refractivity contribution >= 4 is 5.91 Å². The van der Waals surface area contributed by atoms with E-state index in [-0.39, 0.29) is 12.0 Å². The Kier molecular flexibility index (Phi) is 3.58. The van der Waals surface area contributed by atoms with Gasteiger partial charge in [-0.25, -0.2) is 0 Å². The number of carbonyl (C=O) groups excluding carboxylic acids is 1. The van der Waals surface area contributed by atoms with Crippen LogP contribution in [0.2, 0.25) is 0 Å². The smallest absolute Gasteiger partial charge is 0.255 e. The third-order valence-corrected chi connectivity index (χ3v) is 2.32. The molecular weight excluding hydrogens is 202 g/mol. The zero-order valence-corrected chi connectivity index (χ0v) is 10.3. The maximum absolute atomic E-state index is 10.7. The number of nitrogens with two attached hydrogens (primary N) is 1. The monoisotopic (exact) mass is 221 g/mol. The minimum absolute atomic E-state index is 0.0132. The molecule has 1 aromatic carbocycles. The van der Waals surface area contributed by atoms with Gasteiger partial charge in [-0.3, -0.25) is 4.79 Å². The van der Waals surface area contributed by atoms with E-state index in [4.69, 9.17) is 10.5 Å². The summed E-state index contributed by atoms with van der Waals surface area (Å²) in [7, 11) is 0. The van der Waals surface area contributed by atoms with Crippen LogP contribution >= 0.6 is 0 Å². The fraction of sp³-hybridized carbons (Fsp3) is 0.462.